The maximum atomic E-state index is 13.3. The smallest absolute Gasteiger partial charge is 0.341 e. The van der Waals surface area contributed by atoms with Crippen molar-refractivity contribution in [2.75, 3.05) is 12.4 Å². The first-order chi connectivity index (χ1) is 17.4. The third-order valence-corrected chi connectivity index (χ3v) is 7.09. The number of ether oxygens (including phenoxy) is 1. The molecule has 36 heavy (non-hydrogen) atoms. The van der Waals surface area contributed by atoms with Gasteiger partial charge in [-0.2, -0.15) is 8.42 Å². The Balaban J connectivity index is 1.52. The molecule has 0 aliphatic heterocycles. The highest BCUT2D eigenvalue weighted by Crippen LogP contribution is 2.35. The summed E-state index contributed by atoms with van der Waals surface area (Å²) in [4.78, 5) is 14.8. The van der Waals surface area contributed by atoms with Crippen LogP contribution in [0.2, 0.25) is 0 Å². The highest BCUT2D eigenvalue weighted by molar-refractivity contribution is 7.87. The molecular weight excluding hydrogens is 478 g/mol. The molecule has 9 nitrogen and oxygen atoms in total. The van der Waals surface area contributed by atoms with Crippen LogP contribution in [0.25, 0.3) is 22.2 Å². The number of fused-ring (bicyclic) bond motifs is 1. The minimum atomic E-state index is -4.24. The van der Waals surface area contributed by atoms with Crippen LogP contribution in [0.3, 0.4) is 0 Å². The number of aromatic amines is 2. The summed E-state index contributed by atoms with van der Waals surface area (Å²) in [5, 5.41) is 3.67. The van der Waals surface area contributed by atoms with Gasteiger partial charge in [0.1, 0.15) is 22.7 Å². The Morgan fingerprint density at radius 3 is 2.47 bits per heavy atom. The second-order valence-electron chi connectivity index (χ2n) is 8.30. The summed E-state index contributed by atoms with van der Waals surface area (Å²) in [6.45, 7) is 3.98. The second kappa shape index (κ2) is 9.38. The molecule has 0 spiro atoms. The number of aromatic nitrogens is 4. The zero-order valence-electron chi connectivity index (χ0n) is 19.9. The SMILES string of the molecule is COc1ccccc1OS(=O)(=O)c1c[nH]c2ncnc(N[C@@H](C)c3[nH]c(C)cc3-c3ccccc3)c12. The fourth-order valence-electron chi connectivity index (χ4n) is 4.18. The van der Waals surface area contributed by atoms with E-state index in [-0.39, 0.29) is 16.7 Å². The first-order valence-corrected chi connectivity index (χ1v) is 12.7. The Morgan fingerprint density at radius 1 is 1.00 bits per heavy atom. The summed E-state index contributed by atoms with van der Waals surface area (Å²) in [5.74, 6) is 0.755. The van der Waals surface area contributed by atoms with Crippen LogP contribution in [0.15, 0.2) is 78.1 Å². The van der Waals surface area contributed by atoms with Gasteiger partial charge in [-0.15, -0.1) is 0 Å². The largest absolute Gasteiger partial charge is 0.493 e. The number of nitrogens with one attached hydrogen (secondary N) is 3. The van der Waals surface area contributed by atoms with Gasteiger partial charge in [0, 0.05) is 23.1 Å². The molecule has 3 heterocycles. The summed E-state index contributed by atoms with van der Waals surface area (Å²) >= 11 is 0. The number of benzene rings is 2. The number of anilines is 1. The van der Waals surface area contributed by atoms with Gasteiger partial charge in [-0.3, -0.25) is 0 Å². The minimum absolute atomic E-state index is 0.0790. The van der Waals surface area contributed by atoms with Gasteiger partial charge in [-0.05, 0) is 37.6 Å². The molecule has 0 bridgehead atoms. The summed E-state index contributed by atoms with van der Waals surface area (Å²) in [6, 6.07) is 18.5. The van der Waals surface area contributed by atoms with Crippen molar-refractivity contribution in [2.24, 2.45) is 0 Å². The standard InChI is InChI=1S/C26H25N5O4S/c1-16-13-19(18-9-5-4-6-10-18)24(30-16)17(2)31-26-23-22(14-27-25(23)28-15-29-26)36(32,33)35-21-12-8-7-11-20(21)34-3/h4-15,17,30H,1-3H3,(H2,27,28,29,31)/t17-/m0/s1. The lowest BCUT2D eigenvalue weighted by molar-refractivity contribution is 0.390. The Hall–Kier alpha value is -4.31. The van der Waals surface area contributed by atoms with Crippen molar-refractivity contribution in [1.29, 1.82) is 0 Å². The maximum absolute atomic E-state index is 13.3. The molecule has 0 amide bonds. The number of para-hydroxylation sites is 2. The van der Waals surface area contributed by atoms with E-state index in [0.717, 1.165) is 22.5 Å². The van der Waals surface area contributed by atoms with Gasteiger partial charge in [-0.25, -0.2) is 9.97 Å². The van der Waals surface area contributed by atoms with E-state index in [9.17, 15) is 8.42 Å². The van der Waals surface area contributed by atoms with E-state index >= 15 is 0 Å². The summed E-state index contributed by atoms with van der Waals surface area (Å²) in [5.41, 5.74) is 4.47. The van der Waals surface area contributed by atoms with Gasteiger partial charge in [-0.1, -0.05) is 42.5 Å². The fraction of sp³-hybridized carbons (Fsp3) is 0.154. The molecule has 0 aliphatic carbocycles. The molecule has 184 valence electrons. The monoisotopic (exact) mass is 503 g/mol. The van der Waals surface area contributed by atoms with Gasteiger partial charge in [0.05, 0.1) is 18.5 Å². The molecule has 0 unspecified atom stereocenters. The summed E-state index contributed by atoms with van der Waals surface area (Å²) in [6.07, 6.45) is 2.73. The summed E-state index contributed by atoms with van der Waals surface area (Å²) in [7, 11) is -2.79. The third kappa shape index (κ3) is 4.38. The van der Waals surface area contributed by atoms with Crippen molar-refractivity contribution in [3.63, 3.8) is 0 Å². The topological polar surface area (TPSA) is 122 Å². The molecule has 0 aliphatic rings. The minimum Gasteiger partial charge on any atom is -0.493 e. The van der Waals surface area contributed by atoms with Crippen molar-refractivity contribution in [1.82, 2.24) is 19.9 Å². The van der Waals surface area contributed by atoms with Gasteiger partial charge in [0.25, 0.3) is 0 Å². The van der Waals surface area contributed by atoms with Gasteiger partial charge in [0.2, 0.25) is 0 Å². The predicted octanol–water partition coefficient (Wildman–Crippen LogP) is 5.21. The van der Waals surface area contributed by atoms with Gasteiger partial charge >= 0.3 is 10.1 Å². The predicted molar refractivity (Wildman–Crippen MR) is 138 cm³/mol. The van der Waals surface area contributed by atoms with Crippen LogP contribution in [-0.4, -0.2) is 35.5 Å². The van der Waals surface area contributed by atoms with E-state index in [1.807, 2.05) is 44.2 Å². The van der Waals surface area contributed by atoms with Crippen molar-refractivity contribution >= 4 is 27.0 Å². The van der Waals surface area contributed by atoms with Crippen molar-refractivity contribution in [3.05, 3.63) is 84.6 Å². The Bertz CT molecular complexity index is 1630. The fourth-order valence-corrected chi connectivity index (χ4v) is 5.29. The lowest BCUT2D eigenvalue weighted by atomic mass is 10.0. The quantitative estimate of drug-likeness (QED) is 0.248. The number of hydrogen-bond acceptors (Lipinski definition) is 7. The molecular formula is C26H25N5O4S. The van der Waals surface area contributed by atoms with Crippen LogP contribution < -0.4 is 14.2 Å². The van der Waals surface area contributed by atoms with Crippen LogP contribution in [0.1, 0.15) is 24.4 Å². The first kappa shape index (κ1) is 23.4. The molecule has 3 aromatic heterocycles. The van der Waals surface area contributed by atoms with Crippen LogP contribution in [0.4, 0.5) is 5.82 Å². The van der Waals surface area contributed by atoms with Crippen LogP contribution in [0.5, 0.6) is 11.5 Å². The second-order valence-corrected chi connectivity index (χ2v) is 9.81. The van der Waals surface area contributed by atoms with Crippen LogP contribution >= 0.6 is 0 Å². The van der Waals surface area contributed by atoms with Crippen molar-refractivity contribution in [2.45, 2.75) is 24.8 Å². The highest BCUT2D eigenvalue weighted by atomic mass is 32.2. The van der Waals surface area contributed by atoms with E-state index < -0.39 is 10.1 Å². The normalized spacial score (nSPS) is 12.4. The lowest BCUT2D eigenvalue weighted by Gasteiger charge is -2.17. The Labute approximate surface area is 208 Å². The maximum Gasteiger partial charge on any atom is 0.341 e. The number of H-pyrrole nitrogens is 2. The molecule has 0 saturated carbocycles. The number of hydrogen-bond donors (Lipinski definition) is 3. The molecule has 2 aromatic carbocycles. The van der Waals surface area contributed by atoms with E-state index in [4.69, 9.17) is 8.92 Å². The Kier molecular flexibility index (Phi) is 6.11. The van der Waals surface area contributed by atoms with Gasteiger partial charge in [0.15, 0.2) is 11.5 Å². The zero-order valence-corrected chi connectivity index (χ0v) is 20.8. The number of rotatable bonds is 8. The third-order valence-electron chi connectivity index (χ3n) is 5.83. The van der Waals surface area contributed by atoms with Crippen molar-refractivity contribution in [3.8, 4) is 22.6 Å². The van der Waals surface area contributed by atoms with Crippen molar-refractivity contribution < 1.29 is 17.3 Å². The van der Waals surface area contributed by atoms with Gasteiger partial charge < -0.3 is 24.2 Å². The van der Waals surface area contributed by atoms with Crippen LogP contribution in [0, 0.1) is 6.92 Å². The molecule has 5 aromatic rings. The molecule has 0 fully saturated rings. The summed E-state index contributed by atoms with van der Waals surface area (Å²) < 4.78 is 37.3. The number of aryl methyl sites for hydroxylation is 1. The molecule has 3 N–H and O–H groups in total. The number of nitrogens with zero attached hydrogens (tertiary/aromatic N) is 2. The molecule has 0 saturated heterocycles. The van der Waals surface area contributed by atoms with E-state index in [1.165, 1.54) is 25.7 Å². The lowest BCUT2D eigenvalue weighted by Crippen LogP contribution is -2.13. The molecule has 0 radical (unpaired) electrons. The molecule has 5 rings (SSSR count). The van der Waals surface area contributed by atoms with E-state index in [0.29, 0.717) is 22.6 Å². The average molecular weight is 504 g/mol. The molecule has 10 heteroatoms. The van der Waals surface area contributed by atoms with Crippen LogP contribution in [-0.2, 0) is 10.1 Å². The van der Waals surface area contributed by atoms with E-state index in [2.05, 4.69) is 31.3 Å². The van der Waals surface area contributed by atoms with E-state index in [1.54, 1.807) is 18.2 Å². The average Bonchev–Trinajstić information content (AvgIpc) is 3.50. The molecule has 1 atom stereocenters. The Morgan fingerprint density at radius 2 is 1.72 bits per heavy atom. The first-order valence-electron chi connectivity index (χ1n) is 11.3. The number of methoxy groups -OCH3 is 1. The highest BCUT2D eigenvalue weighted by Gasteiger charge is 2.27. The zero-order chi connectivity index (χ0) is 25.3.